The molecule has 1 aliphatic rings. The highest BCUT2D eigenvalue weighted by molar-refractivity contribution is 7.14. The fourth-order valence-electron chi connectivity index (χ4n) is 4.97. The normalized spacial score (nSPS) is 16.0. The largest absolute Gasteiger partial charge is 0.490 e. The summed E-state index contributed by atoms with van der Waals surface area (Å²) in [7, 11) is 0. The smallest absolute Gasteiger partial charge is 0.413 e. The first-order valence-corrected chi connectivity index (χ1v) is 21.3. The van der Waals surface area contributed by atoms with Gasteiger partial charge >= 0.3 is 18.1 Å². The number of hydrogen-bond acceptors (Lipinski definition) is 15. The third-order valence-electron chi connectivity index (χ3n) is 8.24. The van der Waals surface area contributed by atoms with Crippen molar-refractivity contribution >= 4 is 57.7 Å². The number of rotatable bonds is 22. The van der Waals surface area contributed by atoms with E-state index in [4.69, 9.17) is 28.3 Å². The number of esters is 1. The number of aromatic nitrogens is 2. The molecule has 19 nitrogen and oxygen atoms in total. The molecule has 0 bridgehead atoms. The van der Waals surface area contributed by atoms with Gasteiger partial charge in [-0.1, -0.05) is 43.6 Å². The van der Waals surface area contributed by atoms with Crippen molar-refractivity contribution in [1.29, 1.82) is 0 Å². The number of ether oxygens (including phenoxy) is 4. The van der Waals surface area contributed by atoms with E-state index in [1.165, 1.54) is 19.2 Å². The van der Waals surface area contributed by atoms with Gasteiger partial charge in [0.25, 0.3) is 5.91 Å². The summed E-state index contributed by atoms with van der Waals surface area (Å²) in [5.41, 5.74) is -2.76. The van der Waals surface area contributed by atoms with Crippen LogP contribution >= 0.6 is 11.3 Å². The number of unbranched alkanes of at least 4 members (excludes halogenated alkanes) is 2. The summed E-state index contributed by atoms with van der Waals surface area (Å²) in [5, 5.41) is 22.6. The minimum absolute atomic E-state index is 0.0228. The van der Waals surface area contributed by atoms with Gasteiger partial charge < -0.3 is 49.6 Å². The minimum atomic E-state index is -1.65. The number of urea groups is 1. The molecule has 2 aromatic rings. The zero-order valence-corrected chi connectivity index (χ0v) is 38.4. The van der Waals surface area contributed by atoms with Crippen LogP contribution in [0.15, 0.2) is 51.4 Å². The topological polar surface area (TPSA) is 243 Å². The molecular weight excluding hydrogens is 825 g/mol. The van der Waals surface area contributed by atoms with Crippen molar-refractivity contribution < 1.29 is 52.3 Å². The molecule has 0 radical (unpaired) electrons. The monoisotopic (exact) mass is 886 g/mol. The number of amides is 5. The highest BCUT2D eigenvalue weighted by Gasteiger charge is 2.42. The number of carbonyl (C=O) groups is 5. The molecule has 5 amide bonds. The molecule has 3 heterocycles. The molecule has 1 saturated heterocycles. The summed E-state index contributed by atoms with van der Waals surface area (Å²) < 4.78 is 28.1. The lowest BCUT2D eigenvalue weighted by Crippen LogP contribution is -2.72. The van der Waals surface area contributed by atoms with Crippen LogP contribution in [0.25, 0.3) is 5.57 Å². The molecule has 5 N–H and O–H groups in total. The number of oxime groups is 1. The fourth-order valence-corrected chi connectivity index (χ4v) is 5.65. The van der Waals surface area contributed by atoms with Crippen LogP contribution in [-0.4, -0.2) is 94.4 Å². The molecular formula is C42H62N8O11S. The first-order chi connectivity index (χ1) is 29.0. The lowest BCUT2D eigenvalue weighted by Gasteiger charge is -2.37. The summed E-state index contributed by atoms with van der Waals surface area (Å²) >= 11 is 0.970. The van der Waals surface area contributed by atoms with Gasteiger partial charge in [0, 0.05) is 23.6 Å². The lowest BCUT2D eigenvalue weighted by atomic mass is 9.98. The maximum Gasteiger partial charge on any atom is 0.413 e. The van der Waals surface area contributed by atoms with Gasteiger partial charge in [0.05, 0.1) is 25.8 Å². The lowest BCUT2D eigenvalue weighted by molar-refractivity contribution is -0.179. The van der Waals surface area contributed by atoms with E-state index in [0.717, 1.165) is 37.0 Å². The predicted molar refractivity (Wildman–Crippen MR) is 233 cm³/mol. The van der Waals surface area contributed by atoms with E-state index in [1.807, 2.05) is 13.0 Å². The van der Waals surface area contributed by atoms with Crippen LogP contribution in [0.3, 0.4) is 0 Å². The molecule has 0 aliphatic carbocycles. The third kappa shape index (κ3) is 16.5. The maximum atomic E-state index is 13.7. The summed E-state index contributed by atoms with van der Waals surface area (Å²) in [6.07, 6.45) is 6.54. The van der Waals surface area contributed by atoms with E-state index in [-0.39, 0.29) is 23.9 Å². The van der Waals surface area contributed by atoms with Crippen molar-refractivity contribution in [1.82, 2.24) is 31.4 Å². The standard InChI is InChI=1S/C42H62N8O11S/c1-13-16-18-56-30(15-3)31(57-19-17-14-2)20-25(4)27-21-26(60-49-27)22-43-37(54)44-23-28-32(34(51)45-28)47-35(52)33(50-61-42(11,12)36(53)58-40(5,6)7)29-24-62-38(46-29)48-39(55)59-41(8,9)10/h15,20-21,24,28,32H,4,13-14,16-19,22-23H2,1-3,5-12H3,(H,45,51)(H,47,52)(H2,43,44,54)(H,46,48,55)/b30-15+,31-20+,50-33-/t28-,32+/m1/s1. The number of anilines is 1. The Morgan fingerprint density at radius 3 is 2.19 bits per heavy atom. The molecule has 0 aromatic carbocycles. The first-order valence-electron chi connectivity index (χ1n) is 20.4. The van der Waals surface area contributed by atoms with Crippen molar-refractivity contribution in [2.45, 2.75) is 137 Å². The highest BCUT2D eigenvalue weighted by Crippen LogP contribution is 2.24. The molecule has 342 valence electrons. The van der Waals surface area contributed by atoms with Crippen LogP contribution in [0.5, 0.6) is 0 Å². The van der Waals surface area contributed by atoms with Crippen molar-refractivity contribution in [2.24, 2.45) is 5.16 Å². The molecule has 62 heavy (non-hydrogen) atoms. The number of carbonyl (C=O) groups excluding carboxylic acids is 5. The second-order valence-electron chi connectivity index (χ2n) is 16.6. The number of nitrogens with one attached hydrogen (secondary N) is 5. The Bertz CT molecular complexity index is 1990. The second-order valence-corrected chi connectivity index (χ2v) is 17.5. The van der Waals surface area contributed by atoms with E-state index >= 15 is 0 Å². The van der Waals surface area contributed by atoms with Gasteiger partial charge in [0.1, 0.15) is 28.6 Å². The van der Waals surface area contributed by atoms with Gasteiger partial charge in [0.15, 0.2) is 28.1 Å². The maximum absolute atomic E-state index is 13.7. The zero-order chi connectivity index (χ0) is 46.3. The Morgan fingerprint density at radius 1 is 0.952 bits per heavy atom. The fraction of sp³-hybridized carbons (Fsp3) is 0.571. The molecule has 20 heteroatoms. The molecule has 0 spiro atoms. The Morgan fingerprint density at radius 2 is 1.60 bits per heavy atom. The summed E-state index contributed by atoms with van der Waals surface area (Å²) in [4.78, 5) is 74.3. The third-order valence-corrected chi connectivity index (χ3v) is 9.00. The van der Waals surface area contributed by atoms with Crippen molar-refractivity contribution in [3.05, 3.63) is 58.8 Å². The van der Waals surface area contributed by atoms with Gasteiger partial charge in [-0.3, -0.25) is 14.9 Å². The molecule has 0 saturated carbocycles. The average Bonchev–Trinajstić information content (AvgIpc) is 3.85. The summed E-state index contributed by atoms with van der Waals surface area (Å²) in [5.74, 6) is -0.686. The van der Waals surface area contributed by atoms with Crippen LogP contribution in [0.4, 0.5) is 14.7 Å². The SMILES string of the molecule is C=C(/C=C(OCCCC)\C(=C/C)OCCCC)c1cc(CNC(=O)NC[C@H]2NC(=O)[C@H]2NC(=O)/C(=N\OC(C)(C)C(=O)OC(C)(C)C)c2csc(NC(=O)OC(C)(C)C)n2)on1. The van der Waals surface area contributed by atoms with E-state index in [9.17, 15) is 24.0 Å². The highest BCUT2D eigenvalue weighted by atomic mass is 32.1. The van der Waals surface area contributed by atoms with Gasteiger partial charge in [0.2, 0.25) is 11.5 Å². The summed E-state index contributed by atoms with van der Waals surface area (Å²) in [6, 6.07) is -0.763. The van der Waals surface area contributed by atoms with Gasteiger partial charge in [-0.2, -0.15) is 0 Å². The average molecular weight is 887 g/mol. The van der Waals surface area contributed by atoms with Crippen LogP contribution in [0, 0.1) is 0 Å². The molecule has 0 unspecified atom stereocenters. The number of allylic oxidation sites excluding steroid dienone is 3. The Kier molecular flexibility index (Phi) is 18.5. The van der Waals surface area contributed by atoms with E-state index < -0.39 is 64.5 Å². The van der Waals surface area contributed by atoms with E-state index in [2.05, 4.69) is 62.3 Å². The molecule has 2 aromatic heterocycles. The quantitative estimate of drug-likeness (QED) is 0.0168. The van der Waals surface area contributed by atoms with Gasteiger partial charge in [-0.05, 0) is 87.3 Å². The van der Waals surface area contributed by atoms with Crippen molar-refractivity contribution in [3.8, 4) is 0 Å². The second kappa shape index (κ2) is 22.8. The first kappa shape index (κ1) is 50.4. The number of hydrogen-bond donors (Lipinski definition) is 5. The van der Waals surface area contributed by atoms with Crippen molar-refractivity contribution in [3.63, 3.8) is 0 Å². The number of thiazole rings is 1. The molecule has 1 aliphatic heterocycles. The zero-order valence-electron chi connectivity index (χ0n) is 37.6. The Balaban J connectivity index is 1.66. The van der Waals surface area contributed by atoms with Crippen LogP contribution < -0.4 is 26.6 Å². The van der Waals surface area contributed by atoms with E-state index in [1.54, 1.807) is 53.7 Å². The number of nitrogens with zero attached hydrogens (tertiary/aromatic N) is 3. The molecule has 1 fully saturated rings. The number of β-lactam (4-membered cyclic amide) rings is 1. The Labute approximate surface area is 366 Å². The summed E-state index contributed by atoms with van der Waals surface area (Å²) in [6.45, 7) is 24.1. The minimum Gasteiger partial charge on any atom is -0.490 e. The van der Waals surface area contributed by atoms with Gasteiger partial charge in [-0.15, -0.1) is 11.3 Å². The Hall–Kier alpha value is -5.92. The molecule has 3 rings (SSSR count). The van der Waals surface area contributed by atoms with Crippen LogP contribution in [-0.2, 0) is 44.7 Å². The predicted octanol–water partition coefficient (Wildman–Crippen LogP) is 6.24. The van der Waals surface area contributed by atoms with Crippen molar-refractivity contribution in [2.75, 3.05) is 25.1 Å². The van der Waals surface area contributed by atoms with E-state index in [0.29, 0.717) is 41.8 Å². The van der Waals surface area contributed by atoms with Crippen LogP contribution in [0.1, 0.15) is 119 Å². The molecule has 2 atom stereocenters. The van der Waals surface area contributed by atoms with Gasteiger partial charge in [-0.25, -0.2) is 19.4 Å². The van der Waals surface area contributed by atoms with Crippen LogP contribution in [0.2, 0.25) is 0 Å².